The Hall–Kier alpha value is -3.78. The van der Waals surface area contributed by atoms with Gasteiger partial charge < -0.3 is 9.13 Å². The molecule has 2 heteroatoms. The van der Waals surface area contributed by atoms with Gasteiger partial charge in [-0.25, -0.2) is 0 Å². The van der Waals surface area contributed by atoms with Gasteiger partial charge in [0.1, 0.15) is 0 Å². The Morgan fingerprint density at radius 1 is 0.771 bits per heavy atom. The first-order valence-corrected chi connectivity index (χ1v) is 12.8. The van der Waals surface area contributed by atoms with Crippen molar-refractivity contribution in [3.8, 4) is 5.69 Å². The van der Waals surface area contributed by atoms with Gasteiger partial charge in [-0.3, -0.25) is 0 Å². The summed E-state index contributed by atoms with van der Waals surface area (Å²) in [6.45, 7) is 9.59. The number of hydrogen-bond donors (Lipinski definition) is 0. The summed E-state index contributed by atoms with van der Waals surface area (Å²) in [5, 5.41) is 5.28. The van der Waals surface area contributed by atoms with E-state index in [0.717, 1.165) is 19.4 Å². The van der Waals surface area contributed by atoms with E-state index in [9.17, 15) is 0 Å². The van der Waals surface area contributed by atoms with E-state index in [-0.39, 0.29) is 0 Å². The van der Waals surface area contributed by atoms with Crippen molar-refractivity contribution in [1.29, 1.82) is 0 Å². The Bertz CT molecular complexity index is 1640. The highest BCUT2D eigenvalue weighted by Gasteiger charge is 2.17. The lowest BCUT2D eigenvalue weighted by Gasteiger charge is -2.13. The molecule has 0 bridgehead atoms. The van der Waals surface area contributed by atoms with Gasteiger partial charge in [0.05, 0.1) is 16.6 Å². The van der Waals surface area contributed by atoms with E-state index in [1.54, 1.807) is 0 Å². The second-order valence-electron chi connectivity index (χ2n) is 9.83. The molecule has 6 rings (SSSR count). The molecule has 1 unspecified atom stereocenters. The number of benzene rings is 4. The lowest BCUT2D eigenvalue weighted by Crippen LogP contribution is -2.03. The predicted molar refractivity (Wildman–Crippen MR) is 152 cm³/mol. The maximum absolute atomic E-state index is 3.99. The first-order chi connectivity index (χ1) is 17.2. The molecule has 35 heavy (non-hydrogen) atoms. The molecule has 4 aromatic carbocycles. The molecule has 1 atom stereocenters. The van der Waals surface area contributed by atoms with Gasteiger partial charge in [-0.2, -0.15) is 0 Å². The van der Waals surface area contributed by atoms with Gasteiger partial charge in [-0.15, -0.1) is 6.58 Å². The van der Waals surface area contributed by atoms with Crippen LogP contribution in [-0.2, 0) is 13.0 Å². The van der Waals surface area contributed by atoms with Crippen molar-refractivity contribution in [3.05, 3.63) is 103 Å². The summed E-state index contributed by atoms with van der Waals surface area (Å²) in [5.41, 5.74) is 7.87. The van der Waals surface area contributed by atoms with Crippen molar-refractivity contribution >= 4 is 43.6 Å². The first kappa shape index (κ1) is 21.7. The molecule has 6 aromatic rings. The quantitative estimate of drug-likeness (QED) is 0.212. The highest BCUT2D eigenvalue weighted by Crippen LogP contribution is 2.37. The van der Waals surface area contributed by atoms with Gasteiger partial charge in [-0.05, 0) is 54.7 Å². The number of nitrogens with zero attached hydrogens (tertiary/aromatic N) is 2. The maximum atomic E-state index is 3.99. The topological polar surface area (TPSA) is 9.86 Å². The molecule has 2 aromatic heterocycles. The summed E-state index contributed by atoms with van der Waals surface area (Å²) in [4.78, 5) is 0. The average Bonchev–Trinajstić information content (AvgIpc) is 3.40. The Labute approximate surface area is 207 Å². The third-order valence-corrected chi connectivity index (χ3v) is 7.61. The number of allylic oxidation sites excluding steroid dienone is 1. The van der Waals surface area contributed by atoms with Crippen LogP contribution in [0.1, 0.15) is 32.3 Å². The summed E-state index contributed by atoms with van der Waals surface area (Å²) >= 11 is 0. The standard InChI is InChI=1S/C33H32N2/c1-4-6-20-34-30-19-18-25(22-29(30)28-15-11-12-24(33(28)34)21-23(3)5-2)35-31-16-9-7-13-26(31)27-14-8-10-17-32(27)35/h4,7-19,22-23H,1,5-6,20-21H2,2-3H3. The Balaban J connectivity index is 1.65. The van der Waals surface area contributed by atoms with Crippen LogP contribution < -0.4 is 0 Å². The van der Waals surface area contributed by atoms with E-state index in [1.165, 1.54) is 61.3 Å². The molecule has 0 saturated heterocycles. The highest BCUT2D eigenvalue weighted by atomic mass is 15.0. The molecule has 0 N–H and O–H groups in total. The number of hydrogen-bond acceptors (Lipinski definition) is 0. The molecule has 0 aliphatic carbocycles. The monoisotopic (exact) mass is 456 g/mol. The molecule has 0 saturated carbocycles. The molecule has 2 nitrogen and oxygen atoms in total. The maximum Gasteiger partial charge on any atom is 0.0541 e. The zero-order valence-corrected chi connectivity index (χ0v) is 20.7. The number of rotatable bonds is 7. The molecular formula is C33H32N2. The summed E-state index contributed by atoms with van der Waals surface area (Å²) in [6, 6.07) is 31.4. The zero-order valence-electron chi connectivity index (χ0n) is 20.7. The van der Waals surface area contributed by atoms with Crippen LogP contribution in [0.25, 0.3) is 49.3 Å². The van der Waals surface area contributed by atoms with E-state index in [2.05, 4.69) is 114 Å². The van der Waals surface area contributed by atoms with Crippen molar-refractivity contribution in [1.82, 2.24) is 9.13 Å². The van der Waals surface area contributed by atoms with Crippen molar-refractivity contribution < 1.29 is 0 Å². The Morgan fingerprint density at radius 3 is 2.14 bits per heavy atom. The van der Waals surface area contributed by atoms with Gasteiger partial charge in [0.25, 0.3) is 0 Å². The van der Waals surface area contributed by atoms with Crippen LogP contribution in [-0.4, -0.2) is 9.13 Å². The molecular weight excluding hydrogens is 424 g/mol. The van der Waals surface area contributed by atoms with Crippen molar-refractivity contribution in [2.24, 2.45) is 5.92 Å². The molecule has 0 aliphatic heterocycles. The van der Waals surface area contributed by atoms with Gasteiger partial charge in [0, 0.05) is 39.3 Å². The molecule has 0 aliphatic rings. The van der Waals surface area contributed by atoms with E-state index in [1.807, 2.05) is 6.08 Å². The lowest BCUT2D eigenvalue weighted by molar-refractivity contribution is 0.560. The Kier molecular flexibility index (Phi) is 5.45. The van der Waals surface area contributed by atoms with Crippen LogP contribution >= 0.6 is 0 Å². The van der Waals surface area contributed by atoms with Crippen LogP contribution in [0.3, 0.4) is 0 Å². The second kappa shape index (κ2) is 8.78. The largest absolute Gasteiger partial charge is 0.340 e. The van der Waals surface area contributed by atoms with E-state index >= 15 is 0 Å². The van der Waals surface area contributed by atoms with Crippen molar-refractivity contribution in [2.45, 2.75) is 39.7 Å². The summed E-state index contributed by atoms with van der Waals surface area (Å²) in [5.74, 6) is 0.666. The van der Waals surface area contributed by atoms with Crippen molar-refractivity contribution in [3.63, 3.8) is 0 Å². The minimum Gasteiger partial charge on any atom is -0.340 e. The molecule has 0 spiro atoms. The normalized spacial score (nSPS) is 12.7. The minimum absolute atomic E-state index is 0.666. The number of aromatic nitrogens is 2. The Morgan fingerprint density at radius 2 is 1.46 bits per heavy atom. The SMILES string of the molecule is C=CCCn1c2ccc(-n3c4ccccc4c4ccccc43)cc2c2cccc(CC(C)CC)c21. The fourth-order valence-corrected chi connectivity index (χ4v) is 5.70. The molecule has 174 valence electrons. The average molecular weight is 457 g/mol. The van der Waals surface area contributed by atoms with E-state index in [4.69, 9.17) is 0 Å². The van der Waals surface area contributed by atoms with Crippen LogP contribution in [0, 0.1) is 5.92 Å². The van der Waals surface area contributed by atoms with Crippen LogP contribution in [0.15, 0.2) is 97.6 Å². The number of aryl methyl sites for hydroxylation is 1. The number of fused-ring (bicyclic) bond motifs is 6. The van der Waals surface area contributed by atoms with Gasteiger partial charge in [0.15, 0.2) is 0 Å². The first-order valence-electron chi connectivity index (χ1n) is 12.8. The highest BCUT2D eigenvalue weighted by molar-refractivity contribution is 6.12. The van der Waals surface area contributed by atoms with Crippen molar-refractivity contribution in [2.75, 3.05) is 0 Å². The molecule has 0 radical (unpaired) electrons. The van der Waals surface area contributed by atoms with Gasteiger partial charge in [0.2, 0.25) is 0 Å². The van der Waals surface area contributed by atoms with Gasteiger partial charge >= 0.3 is 0 Å². The van der Waals surface area contributed by atoms with Crippen LogP contribution in [0.5, 0.6) is 0 Å². The third-order valence-electron chi connectivity index (χ3n) is 7.61. The smallest absolute Gasteiger partial charge is 0.0541 e. The number of para-hydroxylation sites is 3. The fourth-order valence-electron chi connectivity index (χ4n) is 5.70. The molecule has 0 amide bonds. The predicted octanol–water partition coefficient (Wildman–Crippen LogP) is 9.06. The van der Waals surface area contributed by atoms with E-state index < -0.39 is 0 Å². The molecule has 0 fully saturated rings. The second-order valence-corrected chi connectivity index (χ2v) is 9.83. The minimum atomic E-state index is 0.666. The van der Waals surface area contributed by atoms with E-state index in [0.29, 0.717) is 5.92 Å². The lowest BCUT2D eigenvalue weighted by atomic mass is 9.97. The zero-order chi connectivity index (χ0) is 23.9. The van der Waals surface area contributed by atoms with Crippen LogP contribution in [0.4, 0.5) is 0 Å². The van der Waals surface area contributed by atoms with Gasteiger partial charge in [-0.1, -0.05) is 80.9 Å². The molecule has 2 heterocycles. The fraction of sp³-hybridized carbons (Fsp3) is 0.212. The summed E-state index contributed by atoms with van der Waals surface area (Å²) in [6.07, 6.45) is 5.30. The third kappa shape index (κ3) is 3.47. The summed E-state index contributed by atoms with van der Waals surface area (Å²) < 4.78 is 4.94. The summed E-state index contributed by atoms with van der Waals surface area (Å²) in [7, 11) is 0. The van der Waals surface area contributed by atoms with Crippen LogP contribution in [0.2, 0.25) is 0 Å².